The Balaban J connectivity index is 1.81. The van der Waals surface area contributed by atoms with E-state index in [2.05, 4.69) is 74.6 Å². The average molecular weight is 995 g/mol. The molecule has 2 fully saturated rings. The number of rotatable bonds is 41. The normalized spacial score (nSPS) is 25.8. The lowest BCUT2D eigenvalue weighted by atomic mass is 9.98. The highest BCUT2D eigenvalue weighted by molar-refractivity contribution is 5.70. The molecule has 2 aliphatic rings. The Kier molecular flexibility index (Phi) is 37.7. The van der Waals surface area contributed by atoms with Crippen LogP contribution in [0.1, 0.15) is 181 Å². The summed E-state index contributed by atoms with van der Waals surface area (Å²) in [7, 11) is 0. The third-order valence-corrected chi connectivity index (χ3v) is 12.5. The molecule has 15 nitrogen and oxygen atoms in total. The maximum Gasteiger partial charge on any atom is 0.306 e. The largest absolute Gasteiger partial charge is 0.462 e. The summed E-state index contributed by atoms with van der Waals surface area (Å²) in [5.41, 5.74) is 0. The van der Waals surface area contributed by atoms with Crippen LogP contribution in [-0.2, 0) is 38.0 Å². The number of carbonyl (C=O) groups is 2. The molecule has 0 aromatic rings. The predicted molar refractivity (Wildman–Crippen MR) is 270 cm³/mol. The van der Waals surface area contributed by atoms with Gasteiger partial charge in [0.2, 0.25) is 0 Å². The number of hydrogen-bond donors (Lipinski definition) is 7. The van der Waals surface area contributed by atoms with Gasteiger partial charge in [0, 0.05) is 12.8 Å². The first-order valence-corrected chi connectivity index (χ1v) is 26.9. The van der Waals surface area contributed by atoms with Crippen LogP contribution in [0.25, 0.3) is 0 Å². The van der Waals surface area contributed by atoms with Crippen LogP contribution in [0, 0.1) is 0 Å². The Labute approximate surface area is 420 Å². The molecule has 2 aliphatic heterocycles. The molecule has 0 aliphatic carbocycles. The predicted octanol–water partition coefficient (Wildman–Crippen LogP) is 8.05. The van der Waals surface area contributed by atoms with E-state index in [1.807, 2.05) is 0 Å². The fraction of sp³-hybridized carbons (Fsp3) is 0.782. The number of ether oxygens (including phenoxy) is 6. The summed E-state index contributed by atoms with van der Waals surface area (Å²) in [4.78, 5) is 25.8. The molecular formula is C55H94O15. The molecule has 0 bridgehead atoms. The maximum atomic E-state index is 13.0. The second-order valence-corrected chi connectivity index (χ2v) is 18.7. The monoisotopic (exact) mass is 995 g/mol. The van der Waals surface area contributed by atoms with E-state index in [9.17, 15) is 45.3 Å². The second-order valence-electron chi connectivity index (χ2n) is 18.7. The summed E-state index contributed by atoms with van der Waals surface area (Å²) in [6.45, 7) is 2.50. The number of aliphatic hydroxyl groups excluding tert-OH is 7. The summed E-state index contributed by atoms with van der Waals surface area (Å²) in [6.07, 6.45) is 31.0. The lowest BCUT2D eigenvalue weighted by Crippen LogP contribution is -2.61. The summed E-state index contributed by atoms with van der Waals surface area (Å²) in [6, 6.07) is 0. The van der Waals surface area contributed by atoms with E-state index in [-0.39, 0.29) is 19.4 Å². The smallest absolute Gasteiger partial charge is 0.306 e. The first-order chi connectivity index (χ1) is 34.0. The zero-order valence-corrected chi connectivity index (χ0v) is 42.7. The van der Waals surface area contributed by atoms with Crippen molar-refractivity contribution in [3.8, 4) is 0 Å². The molecular weight excluding hydrogens is 901 g/mol. The van der Waals surface area contributed by atoms with Crippen molar-refractivity contribution in [2.24, 2.45) is 0 Å². The molecule has 404 valence electrons. The molecule has 7 N–H and O–H groups in total. The van der Waals surface area contributed by atoms with Gasteiger partial charge in [-0.05, 0) is 77.0 Å². The van der Waals surface area contributed by atoms with E-state index < -0.39 is 99.3 Å². The summed E-state index contributed by atoms with van der Waals surface area (Å²) >= 11 is 0. The van der Waals surface area contributed by atoms with Crippen molar-refractivity contribution in [1.82, 2.24) is 0 Å². The van der Waals surface area contributed by atoms with Gasteiger partial charge in [-0.25, -0.2) is 0 Å². The van der Waals surface area contributed by atoms with Crippen LogP contribution >= 0.6 is 0 Å². The first kappa shape index (κ1) is 63.3. The molecule has 0 aromatic carbocycles. The fourth-order valence-electron chi connectivity index (χ4n) is 8.00. The molecule has 2 saturated heterocycles. The van der Waals surface area contributed by atoms with Crippen LogP contribution in [0.15, 0.2) is 60.8 Å². The zero-order chi connectivity index (χ0) is 51.0. The minimum atomic E-state index is -1.77. The van der Waals surface area contributed by atoms with Crippen molar-refractivity contribution < 1.29 is 73.8 Å². The second kappa shape index (κ2) is 41.6. The van der Waals surface area contributed by atoms with E-state index in [0.717, 1.165) is 77.0 Å². The van der Waals surface area contributed by atoms with Gasteiger partial charge in [-0.3, -0.25) is 9.59 Å². The van der Waals surface area contributed by atoms with Crippen molar-refractivity contribution in [3.63, 3.8) is 0 Å². The van der Waals surface area contributed by atoms with Crippen LogP contribution in [0.3, 0.4) is 0 Å². The average Bonchev–Trinajstić information content (AvgIpc) is 3.35. The molecule has 0 aromatic heterocycles. The summed E-state index contributed by atoms with van der Waals surface area (Å²) < 4.78 is 33.6. The third kappa shape index (κ3) is 29.0. The highest BCUT2D eigenvalue weighted by Crippen LogP contribution is 2.26. The van der Waals surface area contributed by atoms with Gasteiger partial charge >= 0.3 is 11.9 Å². The summed E-state index contributed by atoms with van der Waals surface area (Å²) in [5.74, 6) is -0.965. The summed E-state index contributed by atoms with van der Waals surface area (Å²) in [5, 5.41) is 72.1. The Morgan fingerprint density at radius 2 is 0.871 bits per heavy atom. The molecule has 0 spiro atoms. The van der Waals surface area contributed by atoms with Crippen LogP contribution in [0.5, 0.6) is 0 Å². The molecule has 2 heterocycles. The maximum absolute atomic E-state index is 13.0. The molecule has 15 heteroatoms. The highest BCUT2D eigenvalue weighted by Gasteiger charge is 2.47. The fourth-order valence-corrected chi connectivity index (χ4v) is 8.00. The van der Waals surface area contributed by atoms with Gasteiger partial charge in [0.1, 0.15) is 55.4 Å². The molecule has 4 unspecified atom stereocenters. The Morgan fingerprint density at radius 1 is 0.457 bits per heavy atom. The van der Waals surface area contributed by atoms with Crippen LogP contribution < -0.4 is 0 Å². The number of hydrogen-bond acceptors (Lipinski definition) is 15. The number of esters is 2. The van der Waals surface area contributed by atoms with E-state index in [4.69, 9.17) is 28.4 Å². The van der Waals surface area contributed by atoms with Crippen molar-refractivity contribution >= 4 is 11.9 Å². The van der Waals surface area contributed by atoms with E-state index in [0.29, 0.717) is 12.8 Å². The van der Waals surface area contributed by atoms with Crippen molar-refractivity contribution in [1.29, 1.82) is 0 Å². The molecule has 70 heavy (non-hydrogen) atoms. The molecule has 0 radical (unpaired) electrons. The number of carbonyl (C=O) groups excluding carboxylic acids is 2. The molecule has 2 rings (SSSR count). The van der Waals surface area contributed by atoms with Gasteiger partial charge in [-0.2, -0.15) is 0 Å². The van der Waals surface area contributed by atoms with Gasteiger partial charge < -0.3 is 64.2 Å². The van der Waals surface area contributed by atoms with Gasteiger partial charge in [0.15, 0.2) is 18.7 Å². The van der Waals surface area contributed by atoms with E-state index in [1.165, 1.54) is 64.2 Å². The first-order valence-electron chi connectivity index (χ1n) is 26.9. The lowest BCUT2D eigenvalue weighted by Gasteiger charge is -2.42. The number of unbranched alkanes of at least 4 members (excludes halogenated alkanes) is 17. The van der Waals surface area contributed by atoms with Crippen molar-refractivity contribution in [2.75, 3.05) is 26.4 Å². The van der Waals surface area contributed by atoms with Gasteiger partial charge in [0.25, 0.3) is 0 Å². The zero-order valence-electron chi connectivity index (χ0n) is 42.7. The third-order valence-electron chi connectivity index (χ3n) is 12.5. The van der Waals surface area contributed by atoms with Crippen LogP contribution in [0.4, 0.5) is 0 Å². The van der Waals surface area contributed by atoms with Crippen molar-refractivity contribution in [3.05, 3.63) is 60.8 Å². The number of aliphatic hydroxyl groups is 7. The van der Waals surface area contributed by atoms with Gasteiger partial charge in [-0.15, -0.1) is 0 Å². The quantitative estimate of drug-likeness (QED) is 0.0175. The Bertz CT molecular complexity index is 1450. The number of allylic oxidation sites excluding steroid dienone is 10. The molecule has 11 atom stereocenters. The minimum absolute atomic E-state index is 0.153. The van der Waals surface area contributed by atoms with Crippen LogP contribution in [-0.4, -0.2) is 142 Å². The van der Waals surface area contributed by atoms with Gasteiger partial charge in [-0.1, -0.05) is 152 Å². The standard InChI is InChI=1S/C55H94O15/c1-3-5-7-9-11-13-15-17-19-20-21-22-24-25-27-29-31-33-35-37-46(57)65-40-43(68-47(58)38-36-34-32-30-28-26-23-18-16-14-12-10-8-6-4-2)41-66-54-53(64)51(62)49(60)45(70-54)42-67-55-52(63)50(61)48(59)44(39-56)69-55/h10-13,17,19,21-22,25,27,43-45,48-56,59-64H,3-9,14-16,18,20,23-24,26,28-42H2,1-2H3/b12-10+,13-11+,19-17+,22-21+,27-25+/t43-,44+,45+,48-,49-,50?,51?,52?,53?,54+,55+/m0/s1. The van der Waals surface area contributed by atoms with E-state index in [1.54, 1.807) is 0 Å². The van der Waals surface area contributed by atoms with E-state index >= 15 is 0 Å². The molecule has 0 amide bonds. The van der Waals surface area contributed by atoms with Crippen molar-refractivity contribution in [2.45, 2.75) is 248 Å². The topological polar surface area (TPSA) is 231 Å². The Morgan fingerprint density at radius 3 is 1.41 bits per heavy atom. The lowest BCUT2D eigenvalue weighted by molar-refractivity contribution is -0.332. The minimum Gasteiger partial charge on any atom is -0.462 e. The van der Waals surface area contributed by atoms with Gasteiger partial charge in [0.05, 0.1) is 19.8 Å². The Hall–Kier alpha value is -2.80. The molecule has 0 saturated carbocycles. The SMILES string of the molecule is CCCC/C=C/CCCCCCCCCCCC(=O)O[C@@H](COC(=O)CCCCC/C=C/C/C=C/C/C=C/C/C=C/CCCCC)CO[C@@H]1O[C@H](CO[C@@H]2O[C@H](CO)[C@H](O)C(O)C2O)[C@H](O)C(O)C1O. The van der Waals surface area contributed by atoms with Crippen LogP contribution in [0.2, 0.25) is 0 Å². The highest BCUT2D eigenvalue weighted by atomic mass is 16.7.